The lowest BCUT2D eigenvalue weighted by atomic mass is 10.1. The lowest BCUT2D eigenvalue weighted by Crippen LogP contribution is -2.48. The molecule has 1 saturated heterocycles. The molecular weight excluding hydrogens is 140 g/mol. The van der Waals surface area contributed by atoms with Crippen LogP contribution in [0.5, 0.6) is 0 Å². The minimum absolute atomic E-state index is 0.345. The van der Waals surface area contributed by atoms with Crippen LogP contribution in [0.1, 0.15) is 13.3 Å². The maximum Gasteiger partial charge on any atom is 0.0703 e. The van der Waals surface area contributed by atoms with Crippen LogP contribution in [0.4, 0.5) is 0 Å². The van der Waals surface area contributed by atoms with Gasteiger partial charge in [0.15, 0.2) is 0 Å². The van der Waals surface area contributed by atoms with E-state index in [-0.39, 0.29) is 0 Å². The molecule has 0 aromatic rings. The molecule has 0 aliphatic carbocycles. The van der Waals surface area contributed by atoms with E-state index in [1.807, 2.05) is 0 Å². The van der Waals surface area contributed by atoms with E-state index in [1.54, 1.807) is 0 Å². The molecule has 0 aromatic carbocycles. The van der Waals surface area contributed by atoms with Gasteiger partial charge in [-0.2, -0.15) is 0 Å². The second-order valence-electron chi connectivity index (χ2n) is 3.20. The predicted octanol–water partition coefficient (Wildman–Crippen LogP) is 0.0543. The summed E-state index contributed by atoms with van der Waals surface area (Å²) in [5, 5.41) is 0. The summed E-state index contributed by atoms with van der Waals surface area (Å²) in [6.07, 6.45) is 1.38. The predicted molar refractivity (Wildman–Crippen MR) is 45.5 cm³/mol. The Balaban J connectivity index is 2.41. The number of likely N-dealkylation sites (N-methyl/N-ethyl adjacent to an activating group) is 1. The van der Waals surface area contributed by atoms with Gasteiger partial charge in [0.25, 0.3) is 0 Å². The van der Waals surface area contributed by atoms with Crippen molar-refractivity contribution in [1.29, 1.82) is 0 Å². The Morgan fingerprint density at radius 2 is 2.36 bits per heavy atom. The lowest BCUT2D eigenvalue weighted by molar-refractivity contribution is -0.0530. The number of hydrogen-bond donors (Lipinski definition) is 1. The van der Waals surface area contributed by atoms with E-state index in [1.165, 1.54) is 0 Å². The average molecular weight is 158 g/mol. The fourth-order valence-electron chi connectivity index (χ4n) is 1.64. The van der Waals surface area contributed by atoms with Crippen molar-refractivity contribution in [2.24, 2.45) is 5.73 Å². The zero-order chi connectivity index (χ0) is 8.27. The van der Waals surface area contributed by atoms with Gasteiger partial charge in [0.1, 0.15) is 0 Å². The molecule has 11 heavy (non-hydrogen) atoms. The van der Waals surface area contributed by atoms with Crippen molar-refractivity contribution in [2.45, 2.75) is 25.5 Å². The number of morpholine rings is 1. The summed E-state index contributed by atoms with van der Waals surface area (Å²) in [5.41, 5.74) is 5.50. The van der Waals surface area contributed by atoms with Gasteiger partial charge in [0.2, 0.25) is 0 Å². The number of hydrogen-bond acceptors (Lipinski definition) is 3. The molecule has 2 N–H and O–H groups in total. The van der Waals surface area contributed by atoms with E-state index in [0.29, 0.717) is 12.1 Å². The first-order chi connectivity index (χ1) is 5.25. The Hall–Kier alpha value is -0.120. The normalized spacial score (nSPS) is 34.1. The van der Waals surface area contributed by atoms with E-state index in [2.05, 4.69) is 18.9 Å². The zero-order valence-corrected chi connectivity index (χ0v) is 7.42. The Morgan fingerprint density at radius 1 is 1.64 bits per heavy atom. The first kappa shape index (κ1) is 8.97. The highest BCUT2D eigenvalue weighted by Crippen LogP contribution is 2.13. The molecule has 1 aliphatic rings. The second kappa shape index (κ2) is 4.04. The maximum atomic E-state index is 5.52. The van der Waals surface area contributed by atoms with Gasteiger partial charge in [0, 0.05) is 12.6 Å². The molecule has 2 unspecified atom stereocenters. The fraction of sp³-hybridized carbons (Fsp3) is 1.00. The summed E-state index contributed by atoms with van der Waals surface area (Å²) < 4.78 is 5.52. The number of nitrogens with zero attached hydrogens (tertiary/aromatic N) is 1. The van der Waals surface area contributed by atoms with Crippen molar-refractivity contribution in [3.8, 4) is 0 Å². The smallest absolute Gasteiger partial charge is 0.0703 e. The molecule has 0 radical (unpaired) electrons. The summed E-state index contributed by atoms with van der Waals surface area (Å²) >= 11 is 0. The average Bonchev–Trinajstić information content (AvgIpc) is 1.97. The highest BCUT2D eigenvalue weighted by Gasteiger charge is 2.25. The van der Waals surface area contributed by atoms with E-state index in [9.17, 15) is 0 Å². The van der Waals surface area contributed by atoms with Gasteiger partial charge in [0.05, 0.1) is 12.7 Å². The standard InChI is InChI=1S/C8H18N2O/c1-7-8(3-4-9)10(2)5-6-11-7/h7-8H,3-6,9H2,1-2H3. The van der Waals surface area contributed by atoms with Crippen molar-refractivity contribution in [3.63, 3.8) is 0 Å². The maximum absolute atomic E-state index is 5.52. The highest BCUT2D eigenvalue weighted by atomic mass is 16.5. The van der Waals surface area contributed by atoms with E-state index >= 15 is 0 Å². The van der Waals surface area contributed by atoms with Crippen molar-refractivity contribution in [2.75, 3.05) is 26.7 Å². The summed E-state index contributed by atoms with van der Waals surface area (Å²) in [6, 6.07) is 0.522. The molecular formula is C8H18N2O. The SMILES string of the molecule is CC1OCCN(C)C1CCN. The quantitative estimate of drug-likeness (QED) is 0.617. The van der Waals surface area contributed by atoms with Crippen LogP contribution in [0.15, 0.2) is 0 Å². The number of rotatable bonds is 2. The van der Waals surface area contributed by atoms with Gasteiger partial charge in [-0.25, -0.2) is 0 Å². The summed E-state index contributed by atoms with van der Waals surface area (Å²) in [4.78, 5) is 2.33. The molecule has 1 rings (SSSR count). The van der Waals surface area contributed by atoms with Crippen molar-refractivity contribution in [3.05, 3.63) is 0 Å². The van der Waals surface area contributed by atoms with E-state index in [0.717, 1.165) is 26.1 Å². The Bertz CT molecular complexity index is 109. The third kappa shape index (κ3) is 2.15. The third-order valence-corrected chi connectivity index (χ3v) is 2.40. The molecule has 0 saturated carbocycles. The van der Waals surface area contributed by atoms with Crippen LogP contribution in [0, 0.1) is 0 Å². The topological polar surface area (TPSA) is 38.5 Å². The molecule has 1 aliphatic heterocycles. The molecule has 66 valence electrons. The van der Waals surface area contributed by atoms with Crippen LogP contribution in [0.25, 0.3) is 0 Å². The molecule has 3 heteroatoms. The van der Waals surface area contributed by atoms with Gasteiger partial charge in [-0.05, 0) is 26.9 Å². The number of ether oxygens (including phenoxy) is 1. The zero-order valence-electron chi connectivity index (χ0n) is 7.42. The molecule has 0 bridgehead atoms. The van der Waals surface area contributed by atoms with Gasteiger partial charge >= 0.3 is 0 Å². The molecule has 0 amide bonds. The monoisotopic (exact) mass is 158 g/mol. The van der Waals surface area contributed by atoms with Gasteiger partial charge < -0.3 is 10.5 Å². The lowest BCUT2D eigenvalue weighted by Gasteiger charge is -2.37. The van der Waals surface area contributed by atoms with Crippen LogP contribution in [-0.2, 0) is 4.74 Å². The Labute approximate surface area is 68.5 Å². The van der Waals surface area contributed by atoms with Crippen LogP contribution in [-0.4, -0.2) is 43.8 Å². The largest absolute Gasteiger partial charge is 0.376 e. The van der Waals surface area contributed by atoms with Crippen molar-refractivity contribution < 1.29 is 4.74 Å². The van der Waals surface area contributed by atoms with Crippen molar-refractivity contribution in [1.82, 2.24) is 4.90 Å². The van der Waals surface area contributed by atoms with Crippen molar-refractivity contribution >= 4 is 0 Å². The Kier molecular flexibility index (Phi) is 3.30. The highest BCUT2D eigenvalue weighted by molar-refractivity contribution is 4.79. The first-order valence-electron chi connectivity index (χ1n) is 4.27. The molecule has 2 atom stereocenters. The van der Waals surface area contributed by atoms with Crippen LogP contribution in [0.2, 0.25) is 0 Å². The minimum atomic E-state index is 0.345. The minimum Gasteiger partial charge on any atom is -0.376 e. The summed E-state index contributed by atoms with van der Waals surface area (Å²) in [7, 11) is 2.14. The first-order valence-corrected chi connectivity index (χ1v) is 4.27. The van der Waals surface area contributed by atoms with Crippen LogP contribution >= 0.6 is 0 Å². The van der Waals surface area contributed by atoms with Gasteiger partial charge in [-0.15, -0.1) is 0 Å². The molecule has 1 fully saturated rings. The molecule has 3 nitrogen and oxygen atoms in total. The van der Waals surface area contributed by atoms with E-state index < -0.39 is 0 Å². The van der Waals surface area contributed by atoms with Crippen LogP contribution < -0.4 is 5.73 Å². The molecule has 0 spiro atoms. The number of nitrogens with two attached hydrogens (primary N) is 1. The summed E-state index contributed by atoms with van der Waals surface area (Å²) in [5.74, 6) is 0. The van der Waals surface area contributed by atoms with Gasteiger partial charge in [-0.3, -0.25) is 4.90 Å². The van der Waals surface area contributed by atoms with Gasteiger partial charge in [-0.1, -0.05) is 0 Å². The Morgan fingerprint density at radius 3 is 2.91 bits per heavy atom. The summed E-state index contributed by atoms with van der Waals surface area (Å²) in [6.45, 7) is 4.77. The van der Waals surface area contributed by atoms with E-state index in [4.69, 9.17) is 10.5 Å². The molecule has 0 aromatic heterocycles. The van der Waals surface area contributed by atoms with Crippen LogP contribution in [0.3, 0.4) is 0 Å². The third-order valence-electron chi connectivity index (χ3n) is 2.40. The second-order valence-corrected chi connectivity index (χ2v) is 3.20. The fourth-order valence-corrected chi connectivity index (χ4v) is 1.64. The molecule has 1 heterocycles.